The summed E-state index contributed by atoms with van der Waals surface area (Å²) in [5, 5.41) is 2.67. The number of rotatable bonds is 3. The van der Waals surface area contributed by atoms with E-state index in [-0.39, 0.29) is 5.13 Å². The molecule has 0 aliphatic heterocycles. The number of nitrogens with one attached hydrogen (secondary N) is 1. The monoisotopic (exact) mass is 254 g/mol. The molecule has 0 aliphatic rings. The number of halogens is 3. The number of ether oxygens (including phenoxy) is 1. The molecular formula is C8H9F3N2O2S. The fourth-order valence-electron chi connectivity index (χ4n) is 0.970. The third-order valence-electron chi connectivity index (χ3n) is 1.59. The highest BCUT2D eigenvalue weighted by molar-refractivity contribution is 7.17. The van der Waals surface area contributed by atoms with Crippen LogP contribution in [0.4, 0.5) is 18.3 Å². The predicted octanol–water partition coefficient (Wildman–Crippen LogP) is 2.38. The van der Waals surface area contributed by atoms with Crippen LogP contribution in [0.15, 0.2) is 0 Å². The number of anilines is 1. The third-order valence-corrected chi connectivity index (χ3v) is 2.59. The molecule has 0 aromatic carbocycles. The molecular weight excluding hydrogens is 245 g/mol. The minimum atomic E-state index is -4.66. The van der Waals surface area contributed by atoms with E-state index in [9.17, 15) is 18.0 Å². The Morgan fingerprint density at radius 2 is 2.19 bits per heavy atom. The van der Waals surface area contributed by atoms with Crippen molar-refractivity contribution in [1.29, 1.82) is 0 Å². The van der Waals surface area contributed by atoms with Crippen molar-refractivity contribution in [3.05, 3.63) is 10.6 Å². The summed E-state index contributed by atoms with van der Waals surface area (Å²) in [4.78, 5) is 13.9. The number of aromatic nitrogens is 1. The lowest BCUT2D eigenvalue weighted by Crippen LogP contribution is -2.12. The lowest BCUT2D eigenvalue weighted by molar-refractivity contribution is -0.141. The molecule has 0 spiro atoms. The predicted molar refractivity (Wildman–Crippen MR) is 52.6 cm³/mol. The van der Waals surface area contributed by atoms with Crippen molar-refractivity contribution >= 4 is 22.4 Å². The smallest absolute Gasteiger partial charge is 0.435 e. The highest BCUT2D eigenvalue weighted by Crippen LogP contribution is 2.36. The van der Waals surface area contributed by atoms with Gasteiger partial charge >= 0.3 is 12.1 Å². The quantitative estimate of drug-likeness (QED) is 0.841. The summed E-state index contributed by atoms with van der Waals surface area (Å²) < 4.78 is 41.8. The average Bonchev–Trinajstić information content (AvgIpc) is 2.61. The van der Waals surface area contributed by atoms with Crippen LogP contribution >= 0.6 is 11.3 Å². The summed E-state index contributed by atoms with van der Waals surface area (Å²) in [5.74, 6) is -1.03. The Morgan fingerprint density at radius 1 is 1.56 bits per heavy atom. The standard InChI is InChI=1S/C8H9F3N2O2S/c1-3-12-7-13-5(8(9,10)11)4(16-7)6(14)15-2/h3H2,1-2H3,(H,12,13). The molecule has 1 N–H and O–H groups in total. The molecule has 8 heteroatoms. The SMILES string of the molecule is CCNc1nc(C(F)(F)F)c(C(=O)OC)s1. The Bertz CT molecular complexity index is 389. The lowest BCUT2D eigenvalue weighted by Gasteiger charge is -2.03. The summed E-state index contributed by atoms with van der Waals surface area (Å²) in [6.07, 6.45) is -4.66. The van der Waals surface area contributed by atoms with Gasteiger partial charge in [0.15, 0.2) is 10.8 Å². The minimum Gasteiger partial charge on any atom is -0.465 e. The molecule has 0 amide bonds. The van der Waals surface area contributed by atoms with Crippen molar-refractivity contribution < 1.29 is 22.7 Å². The van der Waals surface area contributed by atoms with Gasteiger partial charge in [-0.1, -0.05) is 11.3 Å². The summed E-state index contributed by atoms with van der Waals surface area (Å²) in [6.45, 7) is 2.14. The zero-order valence-electron chi connectivity index (χ0n) is 8.51. The molecule has 1 rings (SSSR count). The summed E-state index contributed by atoms with van der Waals surface area (Å²) in [5.41, 5.74) is -1.21. The van der Waals surface area contributed by atoms with E-state index in [0.717, 1.165) is 7.11 Å². The van der Waals surface area contributed by atoms with Crippen molar-refractivity contribution in [2.75, 3.05) is 19.0 Å². The van der Waals surface area contributed by atoms with Gasteiger partial charge < -0.3 is 10.1 Å². The van der Waals surface area contributed by atoms with E-state index in [1.807, 2.05) is 0 Å². The zero-order chi connectivity index (χ0) is 12.3. The first-order valence-corrected chi connectivity index (χ1v) is 5.12. The van der Waals surface area contributed by atoms with E-state index in [4.69, 9.17) is 0 Å². The molecule has 0 fully saturated rings. The maximum atomic E-state index is 12.5. The topological polar surface area (TPSA) is 51.2 Å². The Morgan fingerprint density at radius 3 is 2.62 bits per heavy atom. The number of alkyl halides is 3. The average molecular weight is 254 g/mol. The number of carbonyl (C=O) groups excluding carboxylic acids is 1. The second kappa shape index (κ2) is 4.69. The van der Waals surface area contributed by atoms with Gasteiger partial charge in [-0.25, -0.2) is 9.78 Å². The van der Waals surface area contributed by atoms with Gasteiger partial charge in [-0.15, -0.1) is 0 Å². The van der Waals surface area contributed by atoms with Crippen molar-refractivity contribution in [3.63, 3.8) is 0 Å². The Kier molecular flexibility index (Phi) is 3.74. The number of methoxy groups -OCH3 is 1. The lowest BCUT2D eigenvalue weighted by atomic mass is 10.3. The largest absolute Gasteiger partial charge is 0.465 e. The van der Waals surface area contributed by atoms with Gasteiger partial charge in [-0.3, -0.25) is 0 Å². The Hall–Kier alpha value is -1.31. The third kappa shape index (κ3) is 2.63. The van der Waals surface area contributed by atoms with E-state index in [0.29, 0.717) is 17.9 Å². The molecule has 0 aliphatic carbocycles. The number of carbonyl (C=O) groups is 1. The molecule has 0 bridgehead atoms. The van der Waals surface area contributed by atoms with Gasteiger partial charge in [0.2, 0.25) is 0 Å². The summed E-state index contributed by atoms with van der Waals surface area (Å²) in [7, 11) is 1.02. The van der Waals surface area contributed by atoms with Gasteiger partial charge in [-0.05, 0) is 6.92 Å². The number of esters is 1. The van der Waals surface area contributed by atoms with E-state index in [1.165, 1.54) is 0 Å². The van der Waals surface area contributed by atoms with Crippen LogP contribution < -0.4 is 5.32 Å². The van der Waals surface area contributed by atoms with E-state index >= 15 is 0 Å². The molecule has 1 aromatic heterocycles. The van der Waals surface area contributed by atoms with Crippen molar-refractivity contribution in [1.82, 2.24) is 4.98 Å². The summed E-state index contributed by atoms with van der Waals surface area (Å²) >= 11 is 0.627. The number of thiazole rings is 1. The van der Waals surface area contributed by atoms with E-state index < -0.39 is 22.7 Å². The van der Waals surface area contributed by atoms with Crippen LogP contribution in [0.1, 0.15) is 22.3 Å². The first-order chi connectivity index (χ1) is 7.40. The van der Waals surface area contributed by atoms with E-state index in [2.05, 4.69) is 15.0 Å². The highest BCUT2D eigenvalue weighted by Gasteiger charge is 2.40. The van der Waals surface area contributed by atoms with Crippen LogP contribution in [0.5, 0.6) is 0 Å². The van der Waals surface area contributed by atoms with Gasteiger partial charge in [0.1, 0.15) is 4.88 Å². The van der Waals surface area contributed by atoms with Crippen LogP contribution in [0.3, 0.4) is 0 Å². The van der Waals surface area contributed by atoms with Crippen LogP contribution in [-0.2, 0) is 10.9 Å². The first kappa shape index (κ1) is 12.8. The van der Waals surface area contributed by atoms with Gasteiger partial charge in [0.25, 0.3) is 0 Å². The Labute approximate surface area is 93.4 Å². The Balaban J connectivity index is 3.18. The minimum absolute atomic E-state index is 0.0511. The van der Waals surface area contributed by atoms with Gasteiger partial charge in [0.05, 0.1) is 7.11 Å². The normalized spacial score (nSPS) is 11.3. The molecule has 0 saturated heterocycles. The maximum absolute atomic E-state index is 12.5. The van der Waals surface area contributed by atoms with Crippen molar-refractivity contribution in [3.8, 4) is 0 Å². The first-order valence-electron chi connectivity index (χ1n) is 4.30. The summed E-state index contributed by atoms with van der Waals surface area (Å²) in [6, 6.07) is 0. The van der Waals surface area contributed by atoms with Crippen LogP contribution in [0.25, 0.3) is 0 Å². The molecule has 16 heavy (non-hydrogen) atoms. The fourth-order valence-corrected chi connectivity index (χ4v) is 1.94. The van der Waals surface area contributed by atoms with Gasteiger partial charge in [0, 0.05) is 6.54 Å². The second-order valence-electron chi connectivity index (χ2n) is 2.72. The van der Waals surface area contributed by atoms with Crippen LogP contribution in [-0.4, -0.2) is 24.6 Å². The molecule has 0 unspecified atom stereocenters. The molecule has 0 atom stereocenters. The van der Waals surface area contributed by atoms with Gasteiger partial charge in [-0.2, -0.15) is 13.2 Å². The van der Waals surface area contributed by atoms with Crippen molar-refractivity contribution in [2.24, 2.45) is 0 Å². The molecule has 1 aromatic rings. The molecule has 90 valence electrons. The van der Waals surface area contributed by atoms with Crippen LogP contribution in [0, 0.1) is 0 Å². The molecule has 4 nitrogen and oxygen atoms in total. The molecule has 0 saturated carbocycles. The highest BCUT2D eigenvalue weighted by atomic mass is 32.1. The number of hydrogen-bond acceptors (Lipinski definition) is 5. The maximum Gasteiger partial charge on any atom is 0.435 e. The number of nitrogens with zero attached hydrogens (tertiary/aromatic N) is 1. The molecule has 0 radical (unpaired) electrons. The van der Waals surface area contributed by atoms with Crippen molar-refractivity contribution in [2.45, 2.75) is 13.1 Å². The van der Waals surface area contributed by atoms with Crippen LogP contribution in [0.2, 0.25) is 0 Å². The zero-order valence-corrected chi connectivity index (χ0v) is 9.33. The van der Waals surface area contributed by atoms with E-state index in [1.54, 1.807) is 6.92 Å². The fraction of sp³-hybridized carbons (Fsp3) is 0.500. The molecule has 1 heterocycles. The second-order valence-corrected chi connectivity index (χ2v) is 3.72. The number of hydrogen-bond donors (Lipinski definition) is 1.